The van der Waals surface area contributed by atoms with E-state index in [9.17, 15) is 18.8 Å². The van der Waals surface area contributed by atoms with Crippen LogP contribution in [0, 0.1) is 11.3 Å². The third-order valence-corrected chi connectivity index (χ3v) is 5.60. The number of amides is 2. The number of nitrogens with two attached hydrogens (primary N) is 1. The quantitative estimate of drug-likeness (QED) is 0.667. The summed E-state index contributed by atoms with van der Waals surface area (Å²) in [4.78, 5) is 26.4. The van der Waals surface area contributed by atoms with E-state index in [0.29, 0.717) is 16.9 Å². The molecular formula is C18H17F2N9O. The summed E-state index contributed by atoms with van der Waals surface area (Å²) in [5.74, 6) is -2.59. The highest BCUT2D eigenvalue weighted by molar-refractivity contribution is 5.93. The topological polar surface area (TPSA) is 133 Å². The van der Waals surface area contributed by atoms with Gasteiger partial charge < -0.3 is 20.5 Å². The minimum Gasteiger partial charge on any atom is -0.382 e. The molecule has 2 saturated heterocycles. The first kappa shape index (κ1) is 18.3. The highest BCUT2D eigenvalue weighted by Crippen LogP contribution is 2.38. The molecule has 0 atom stereocenters. The van der Waals surface area contributed by atoms with Crippen LogP contribution in [0.5, 0.6) is 0 Å². The molecule has 10 nitrogen and oxygen atoms in total. The van der Waals surface area contributed by atoms with E-state index in [2.05, 4.69) is 26.1 Å². The SMILES string of the molecule is N#CCC1(n2cc(-c3ncnc4[nH]ccc34)c(N)n2)CN(C(=O)N2CC(F)(F)C2)C1. The fraction of sp³-hybridized carbons (Fsp3) is 0.389. The molecular weight excluding hydrogens is 396 g/mol. The Labute approximate surface area is 168 Å². The predicted octanol–water partition coefficient (Wildman–Crippen LogP) is 1.40. The molecule has 0 spiro atoms. The number of nitriles is 1. The number of likely N-dealkylation sites (tertiary alicyclic amines) is 2. The summed E-state index contributed by atoms with van der Waals surface area (Å²) in [6.07, 6.45) is 4.97. The highest BCUT2D eigenvalue weighted by Gasteiger charge is 2.53. The molecule has 0 bridgehead atoms. The van der Waals surface area contributed by atoms with E-state index >= 15 is 0 Å². The van der Waals surface area contributed by atoms with Gasteiger partial charge in [0.25, 0.3) is 5.92 Å². The van der Waals surface area contributed by atoms with Gasteiger partial charge in [-0.15, -0.1) is 0 Å². The van der Waals surface area contributed by atoms with Gasteiger partial charge in [0.2, 0.25) is 0 Å². The van der Waals surface area contributed by atoms with Gasteiger partial charge in [-0.2, -0.15) is 10.4 Å². The van der Waals surface area contributed by atoms with Crippen molar-refractivity contribution in [1.82, 2.24) is 34.5 Å². The molecule has 3 aromatic rings. The van der Waals surface area contributed by atoms with Crippen molar-refractivity contribution in [2.45, 2.75) is 17.9 Å². The summed E-state index contributed by atoms with van der Waals surface area (Å²) < 4.78 is 27.7. The van der Waals surface area contributed by atoms with Gasteiger partial charge in [0, 0.05) is 17.8 Å². The molecule has 3 N–H and O–H groups in total. The molecule has 30 heavy (non-hydrogen) atoms. The zero-order valence-electron chi connectivity index (χ0n) is 15.7. The molecule has 12 heteroatoms. The molecule has 2 aliphatic rings. The summed E-state index contributed by atoms with van der Waals surface area (Å²) in [7, 11) is 0. The van der Waals surface area contributed by atoms with Crippen molar-refractivity contribution in [3.63, 3.8) is 0 Å². The molecule has 0 radical (unpaired) electrons. The van der Waals surface area contributed by atoms with Crippen LogP contribution in [0.4, 0.5) is 19.4 Å². The van der Waals surface area contributed by atoms with Crippen LogP contribution < -0.4 is 5.73 Å². The largest absolute Gasteiger partial charge is 0.382 e. The van der Waals surface area contributed by atoms with Crippen molar-refractivity contribution in [2.75, 3.05) is 31.9 Å². The molecule has 0 aromatic carbocycles. The van der Waals surface area contributed by atoms with Gasteiger partial charge in [-0.3, -0.25) is 4.68 Å². The molecule has 2 fully saturated rings. The number of nitrogens with zero attached hydrogens (tertiary/aromatic N) is 7. The van der Waals surface area contributed by atoms with Gasteiger partial charge in [-0.05, 0) is 6.07 Å². The van der Waals surface area contributed by atoms with Crippen molar-refractivity contribution in [2.24, 2.45) is 0 Å². The lowest BCUT2D eigenvalue weighted by atomic mass is 9.87. The summed E-state index contributed by atoms with van der Waals surface area (Å²) in [5.41, 5.74) is 7.23. The lowest BCUT2D eigenvalue weighted by molar-refractivity contribution is -0.119. The number of anilines is 1. The standard InChI is InChI=1S/C18H17F2N9O/c19-18(20)8-28(9-18)16(30)27-6-17(7-27,2-3-21)29-5-12(14(22)26-29)13-11-1-4-23-15(11)25-10-24-13/h1,4-5,10H,2,6-9H2,(H2,22,26)(H,23,24,25). The Hall–Kier alpha value is -3.75. The number of fused-ring (bicyclic) bond motifs is 1. The molecule has 2 amide bonds. The minimum absolute atomic E-state index is 0.0941. The lowest BCUT2D eigenvalue weighted by Crippen LogP contribution is -2.70. The van der Waals surface area contributed by atoms with Crippen LogP contribution in [-0.2, 0) is 5.54 Å². The third kappa shape index (κ3) is 2.66. The first-order chi connectivity index (χ1) is 14.3. The van der Waals surface area contributed by atoms with E-state index in [4.69, 9.17) is 5.73 Å². The second-order valence-corrected chi connectivity index (χ2v) is 7.74. The Morgan fingerprint density at radius 3 is 2.70 bits per heavy atom. The Balaban J connectivity index is 1.42. The van der Waals surface area contributed by atoms with E-state index < -0.39 is 30.6 Å². The Morgan fingerprint density at radius 2 is 2.00 bits per heavy atom. The summed E-state index contributed by atoms with van der Waals surface area (Å²) in [6.45, 7) is -0.781. The first-order valence-corrected chi connectivity index (χ1v) is 9.25. The van der Waals surface area contributed by atoms with Crippen LogP contribution in [0.15, 0.2) is 24.8 Å². The Kier molecular flexibility index (Phi) is 3.73. The zero-order chi connectivity index (χ0) is 21.1. The number of halogens is 2. The van der Waals surface area contributed by atoms with Crippen molar-refractivity contribution >= 4 is 22.9 Å². The molecule has 3 aromatic heterocycles. The van der Waals surface area contributed by atoms with Crippen LogP contribution in [0.1, 0.15) is 6.42 Å². The Bertz CT molecular complexity index is 1180. The van der Waals surface area contributed by atoms with E-state index in [-0.39, 0.29) is 25.3 Å². The van der Waals surface area contributed by atoms with Gasteiger partial charge >= 0.3 is 6.03 Å². The number of urea groups is 1. The molecule has 154 valence electrons. The van der Waals surface area contributed by atoms with Crippen LogP contribution in [0.2, 0.25) is 0 Å². The number of rotatable bonds is 3. The number of hydrogen-bond donors (Lipinski definition) is 2. The smallest absolute Gasteiger partial charge is 0.320 e. The second-order valence-electron chi connectivity index (χ2n) is 7.74. The molecule has 2 aliphatic heterocycles. The van der Waals surface area contributed by atoms with Crippen LogP contribution in [0.3, 0.4) is 0 Å². The second kappa shape index (κ2) is 6.12. The van der Waals surface area contributed by atoms with Crippen molar-refractivity contribution in [1.29, 1.82) is 5.26 Å². The van der Waals surface area contributed by atoms with E-state index in [1.54, 1.807) is 17.1 Å². The van der Waals surface area contributed by atoms with Crippen molar-refractivity contribution in [3.05, 3.63) is 24.8 Å². The maximum atomic E-state index is 13.1. The third-order valence-electron chi connectivity index (χ3n) is 5.60. The van der Waals surface area contributed by atoms with Gasteiger partial charge in [-0.25, -0.2) is 23.5 Å². The number of hydrogen-bond acceptors (Lipinski definition) is 6. The average molecular weight is 413 g/mol. The number of aromatic nitrogens is 5. The number of aromatic amines is 1. The normalized spacial score (nSPS) is 19.2. The van der Waals surface area contributed by atoms with Gasteiger partial charge in [-0.1, -0.05) is 0 Å². The van der Waals surface area contributed by atoms with Gasteiger partial charge in [0.15, 0.2) is 5.82 Å². The van der Waals surface area contributed by atoms with Crippen LogP contribution in [0.25, 0.3) is 22.3 Å². The summed E-state index contributed by atoms with van der Waals surface area (Å²) >= 11 is 0. The number of H-pyrrole nitrogens is 1. The first-order valence-electron chi connectivity index (χ1n) is 9.25. The number of nitrogens with one attached hydrogen (secondary N) is 1. The number of nitrogen functional groups attached to an aromatic ring is 1. The zero-order valence-corrected chi connectivity index (χ0v) is 15.7. The number of alkyl halides is 2. The predicted molar refractivity (Wildman–Crippen MR) is 101 cm³/mol. The van der Waals surface area contributed by atoms with Gasteiger partial charge in [0.1, 0.15) is 17.5 Å². The molecule has 5 rings (SSSR count). The maximum Gasteiger partial charge on any atom is 0.320 e. The fourth-order valence-electron chi connectivity index (χ4n) is 4.03. The summed E-state index contributed by atoms with van der Waals surface area (Å²) in [5, 5.41) is 14.5. The summed E-state index contributed by atoms with van der Waals surface area (Å²) in [6, 6.07) is 3.50. The van der Waals surface area contributed by atoms with Crippen LogP contribution >= 0.6 is 0 Å². The molecule has 0 aliphatic carbocycles. The fourth-order valence-corrected chi connectivity index (χ4v) is 4.03. The highest BCUT2D eigenvalue weighted by atomic mass is 19.3. The van der Waals surface area contributed by atoms with Crippen LogP contribution in [-0.4, -0.2) is 72.7 Å². The number of carbonyl (C=O) groups is 1. The van der Waals surface area contributed by atoms with Crippen molar-refractivity contribution in [3.8, 4) is 17.3 Å². The lowest BCUT2D eigenvalue weighted by Gasteiger charge is -2.52. The number of carbonyl (C=O) groups excluding carboxylic acids is 1. The Morgan fingerprint density at radius 1 is 1.27 bits per heavy atom. The van der Waals surface area contributed by atoms with E-state index in [1.165, 1.54) is 11.2 Å². The molecule has 0 saturated carbocycles. The molecule has 5 heterocycles. The molecule has 0 unspecified atom stereocenters. The van der Waals surface area contributed by atoms with Crippen molar-refractivity contribution < 1.29 is 13.6 Å². The van der Waals surface area contributed by atoms with E-state index in [0.717, 1.165) is 10.3 Å². The average Bonchev–Trinajstić information content (AvgIpc) is 3.28. The monoisotopic (exact) mass is 413 g/mol. The van der Waals surface area contributed by atoms with E-state index in [1.807, 2.05) is 6.07 Å². The van der Waals surface area contributed by atoms with Gasteiger partial charge in [0.05, 0.1) is 49.9 Å². The maximum absolute atomic E-state index is 13.1. The minimum atomic E-state index is -2.82.